The number of fused-ring (bicyclic) bond motifs is 2. The molecule has 120 valence electrons. The summed E-state index contributed by atoms with van der Waals surface area (Å²) in [6.45, 7) is 3.92. The van der Waals surface area contributed by atoms with E-state index in [0.717, 1.165) is 25.0 Å². The summed E-state index contributed by atoms with van der Waals surface area (Å²) in [7, 11) is 0. The number of ether oxygens (including phenoxy) is 1. The minimum atomic E-state index is -0.307. The van der Waals surface area contributed by atoms with Crippen molar-refractivity contribution in [2.75, 3.05) is 26.2 Å². The highest BCUT2D eigenvalue weighted by Crippen LogP contribution is 2.40. The smallest absolute Gasteiger partial charge is 0.224 e. The highest BCUT2D eigenvalue weighted by molar-refractivity contribution is 5.78. The van der Waals surface area contributed by atoms with E-state index in [9.17, 15) is 9.59 Å². The number of aromatic nitrogens is 2. The largest absolute Gasteiger partial charge is 0.368 e. The number of nitrogens with zero attached hydrogens (tertiary/aromatic N) is 2. The van der Waals surface area contributed by atoms with Crippen LogP contribution in [0, 0.1) is 0 Å². The van der Waals surface area contributed by atoms with E-state index >= 15 is 0 Å². The Balaban J connectivity index is 1.57. The quantitative estimate of drug-likeness (QED) is 0.842. The minimum Gasteiger partial charge on any atom is -0.368 e. The highest BCUT2D eigenvalue weighted by Gasteiger charge is 2.42. The Morgan fingerprint density at radius 2 is 2.23 bits per heavy atom. The Bertz CT molecular complexity index is 561. The van der Waals surface area contributed by atoms with E-state index in [-0.39, 0.29) is 17.4 Å². The fourth-order valence-electron chi connectivity index (χ4n) is 3.34. The fraction of sp³-hybridized carbons (Fsp3) is 0.667. The molecular formula is C15H22N4O3. The maximum atomic E-state index is 12.2. The van der Waals surface area contributed by atoms with Crippen molar-refractivity contribution in [3.8, 4) is 0 Å². The molecule has 1 fully saturated rings. The van der Waals surface area contributed by atoms with E-state index in [4.69, 9.17) is 4.74 Å². The van der Waals surface area contributed by atoms with Crippen molar-refractivity contribution in [2.45, 2.75) is 38.2 Å². The van der Waals surface area contributed by atoms with Gasteiger partial charge in [0, 0.05) is 33.0 Å². The number of likely N-dealkylation sites (tertiary alicyclic amines) is 1. The summed E-state index contributed by atoms with van der Waals surface area (Å²) in [5.74, 6) is -0.0166. The van der Waals surface area contributed by atoms with Crippen LogP contribution in [0.5, 0.6) is 0 Å². The van der Waals surface area contributed by atoms with Gasteiger partial charge in [0.05, 0.1) is 18.5 Å². The van der Waals surface area contributed by atoms with E-state index < -0.39 is 0 Å². The third-order valence-corrected chi connectivity index (χ3v) is 4.56. The number of nitrogens with one attached hydrogen (secondary N) is 2. The summed E-state index contributed by atoms with van der Waals surface area (Å²) in [5, 5.41) is 9.88. The fourth-order valence-corrected chi connectivity index (χ4v) is 3.34. The van der Waals surface area contributed by atoms with Gasteiger partial charge >= 0.3 is 0 Å². The maximum Gasteiger partial charge on any atom is 0.224 e. The van der Waals surface area contributed by atoms with Crippen molar-refractivity contribution in [3.63, 3.8) is 0 Å². The van der Waals surface area contributed by atoms with Gasteiger partial charge in [-0.25, -0.2) is 0 Å². The standard InChI is InChI=1S/C15H22N4O3/c1-11(20)16-6-2-13(21)19-7-4-15(5-8-19)14-12(3-9-22-15)10-17-18-14/h10H,2-9H2,1H3,(H,16,20)(H,17,18). The van der Waals surface area contributed by atoms with Gasteiger partial charge in [0.1, 0.15) is 5.60 Å². The number of amides is 2. The number of carbonyl (C=O) groups is 2. The van der Waals surface area contributed by atoms with Crippen LogP contribution in [0.1, 0.15) is 37.4 Å². The zero-order valence-corrected chi connectivity index (χ0v) is 12.9. The molecule has 2 aliphatic heterocycles. The number of carbonyl (C=O) groups excluding carboxylic acids is 2. The summed E-state index contributed by atoms with van der Waals surface area (Å²) in [5.41, 5.74) is 2.01. The molecule has 22 heavy (non-hydrogen) atoms. The van der Waals surface area contributed by atoms with Crippen LogP contribution in [-0.4, -0.2) is 53.2 Å². The molecule has 0 unspecified atom stereocenters. The topological polar surface area (TPSA) is 87.3 Å². The molecule has 1 spiro atoms. The van der Waals surface area contributed by atoms with Gasteiger partial charge in [0.15, 0.2) is 0 Å². The van der Waals surface area contributed by atoms with Crippen molar-refractivity contribution in [1.82, 2.24) is 20.4 Å². The van der Waals surface area contributed by atoms with Crippen molar-refractivity contribution >= 4 is 11.8 Å². The third-order valence-electron chi connectivity index (χ3n) is 4.56. The molecule has 2 aliphatic rings. The lowest BCUT2D eigenvalue weighted by Crippen LogP contribution is -2.48. The SMILES string of the molecule is CC(=O)NCCC(=O)N1CCC2(CC1)OCCc1cn[nH]c12. The molecule has 0 aliphatic carbocycles. The Hall–Kier alpha value is -1.89. The molecular weight excluding hydrogens is 284 g/mol. The van der Waals surface area contributed by atoms with Crippen molar-refractivity contribution in [3.05, 3.63) is 17.5 Å². The van der Waals surface area contributed by atoms with Gasteiger partial charge in [-0.05, 0) is 24.8 Å². The van der Waals surface area contributed by atoms with Crippen LogP contribution in [0.3, 0.4) is 0 Å². The maximum absolute atomic E-state index is 12.2. The molecule has 3 heterocycles. The lowest BCUT2D eigenvalue weighted by atomic mass is 9.83. The predicted octanol–water partition coefficient (Wildman–Crippen LogP) is 0.326. The second-order valence-corrected chi connectivity index (χ2v) is 5.98. The van der Waals surface area contributed by atoms with Crippen molar-refractivity contribution in [2.24, 2.45) is 0 Å². The molecule has 7 heteroatoms. The van der Waals surface area contributed by atoms with Gasteiger partial charge in [-0.3, -0.25) is 14.7 Å². The molecule has 0 saturated carbocycles. The Kier molecular flexibility index (Phi) is 4.15. The van der Waals surface area contributed by atoms with Crippen LogP contribution in [0.25, 0.3) is 0 Å². The van der Waals surface area contributed by atoms with Gasteiger partial charge in [-0.15, -0.1) is 0 Å². The molecule has 0 radical (unpaired) electrons. The third kappa shape index (κ3) is 2.85. The first kappa shape index (κ1) is 15.0. The van der Waals surface area contributed by atoms with E-state index in [1.165, 1.54) is 12.5 Å². The molecule has 0 aromatic carbocycles. The number of hydrogen-bond donors (Lipinski definition) is 2. The normalized spacial score (nSPS) is 19.8. The molecule has 0 atom stereocenters. The van der Waals surface area contributed by atoms with Crippen LogP contribution in [0.2, 0.25) is 0 Å². The first-order chi connectivity index (χ1) is 10.6. The molecule has 7 nitrogen and oxygen atoms in total. The van der Waals surface area contributed by atoms with Crippen LogP contribution in [0.15, 0.2) is 6.20 Å². The number of rotatable bonds is 3. The summed E-state index contributed by atoms with van der Waals surface area (Å²) in [6, 6.07) is 0. The first-order valence-electron chi connectivity index (χ1n) is 7.80. The van der Waals surface area contributed by atoms with Gasteiger partial charge < -0.3 is 15.0 Å². The van der Waals surface area contributed by atoms with Crippen molar-refractivity contribution in [1.29, 1.82) is 0 Å². The molecule has 1 aromatic heterocycles. The van der Waals surface area contributed by atoms with E-state index in [1.807, 2.05) is 11.1 Å². The van der Waals surface area contributed by atoms with E-state index in [0.29, 0.717) is 32.7 Å². The zero-order chi connectivity index (χ0) is 15.6. The second-order valence-electron chi connectivity index (χ2n) is 5.98. The summed E-state index contributed by atoms with van der Waals surface area (Å²) >= 11 is 0. The summed E-state index contributed by atoms with van der Waals surface area (Å²) in [6.07, 6.45) is 4.70. The minimum absolute atomic E-state index is 0.0873. The van der Waals surface area contributed by atoms with E-state index in [2.05, 4.69) is 15.5 Å². The van der Waals surface area contributed by atoms with Gasteiger partial charge in [-0.1, -0.05) is 0 Å². The average Bonchev–Trinajstić information content (AvgIpc) is 2.98. The molecule has 1 aromatic rings. The lowest BCUT2D eigenvalue weighted by molar-refractivity contribution is -0.141. The van der Waals surface area contributed by atoms with Crippen LogP contribution < -0.4 is 5.32 Å². The molecule has 1 saturated heterocycles. The molecule has 3 rings (SSSR count). The van der Waals surface area contributed by atoms with Crippen LogP contribution in [0.4, 0.5) is 0 Å². The van der Waals surface area contributed by atoms with Gasteiger partial charge in [0.2, 0.25) is 11.8 Å². The Morgan fingerprint density at radius 3 is 2.95 bits per heavy atom. The average molecular weight is 306 g/mol. The molecule has 2 amide bonds. The zero-order valence-electron chi connectivity index (χ0n) is 12.9. The van der Waals surface area contributed by atoms with Crippen LogP contribution in [-0.2, 0) is 26.3 Å². The van der Waals surface area contributed by atoms with Crippen molar-refractivity contribution < 1.29 is 14.3 Å². The Labute approximate surface area is 129 Å². The second kappa shape index (κ2) is 6.08. The van der Waals surface area contributed by atoms with E-state index in [1.54, 1.807) is 0 Å². The number of hydrogen-bond acceptors (Lipinski definition) is 4. The van der Waals surface area contributed by atoms with Crippen LogP contribution >= 0.6 is 0 Å². The first-order valence-corrected chi connectivity index (χ1v) is 7.80. The number of piperidine rings is 1. The predicted molar refractivity (Wildman–Crippen MR) is 79.0 cm³/mol. The highest BCUT2D eigenvalue weighted by atomic mass is 16.5. The van der Waals surface area contributed by atoms with Gasteiger partial charge in [-0.2, -0.15) is 5.10 Å². The number of H-pyrrole nitrogens is 1. The van der Waals surface area contributed by atoms with Gasteiger partial charge in [0.25, 0.3) is 0 Å². The Morgan fingerprint density at radius 1 is 1.45 bits per heavy atom. The lowest BCUT2D eigenvalue weighted by Gasteiger charge is -2.43. The monoisotopic (exact) mass is 306 g/mol. The summed E-state index contributed by atoms with van der Waals surface area (Å²) < 4.78 is 6.07. The number of aromatic amines is 1. The molecule has 2 N–H and O–H groups in total. The molecule has 0 bridgehead atoms. The summed E-state index contributed by atoms with van der Waals surface area (Å²) in [4.78, 5) is 24.9.